The molecular weight excluding hydrogens is 391 g/mol. The third-order valence-electron chi connectivity index (χ3n) is 2.69. The molecule has 2 aromatic rings. The van der Waals surface area contributed by atoms with Gasteiger partial charge in [-0.2, -0.15) is 0 Å². The fourth-order valence-corrected chi connectivity index (χ4v) is 2.23. The fourth-order valence-electron chi connectivity index (χ4n) is 1.59. The van der Waals surface area contributed by atoms with Crippen molar-refractivity contribution in [2.45, 2.75) is 0 Å². The van der Waals surface area contributed by atoms with Crippen molar-refractivity contribution in [3.8, 4) is 5.75 Å². The molecule has 0 unspecified atom stereocenters. The topological polar surface area (TPSA) is 67.4 Å². The third-order valence-corrected chi connectivity index (χ3v) is 3.68. The number of benzene rings is 2. The summed E-state index contributed by atoms with van der Waals surface area (Å²) in [6.45, 7) is -0.363. The summed E-state index contributed by atoms with van der Waals surface area (Å²) in [4.78, 5) is 23.5. The van der Waals surface area contributed by atoms with E-state index in [0.29, 0.717) is 10.0 Å². The third kappa shape index (κ3) is 4.94. The fraction of sp³-hybridized carbons (Fsp3) is 0.0667. The molecule has 0 saturated heterocycles. The van der Waals surface area contributed by atoms with Crippen LogP contribution < -0.4 is 15.6 Å². The van der Waals surface area contributed by atoms with Crippen LogP contribution in [0.25, 0.3) is 0 Å². The van der Waals surface area contributed by atoms with Crippen molar-refractivity contribution in [3.05, 3.63) is 63.3 Å². The van der Waals surface area contributed by atoms with E-state index in [1.54, 1.807) is 24.3 Å². The zero-order valence-electron chi connectivity index (χ0n) is 11.6. The lowest BCUT2D eigenvalue weighted by atomic mass is 10.2. The van der Waals surface area contributed by atoms with Crippen molar-refractivity contribution in [1.29, 1.82) is 0 Å². The lowest BCUT2D eigenvalue weighted by Crippen LogP contribution is -2.43. The van der Waals surface area contributed by atoms with Gasteiger partial charge in [-0.1, -0.05) is 23.7 Å². The van der Waals surface area contributed by atoms with E-state index in [0.717, 1.165) is 6.07 Å². The van der Waals surface area contributed by atoms with E-state index in [2.05, 4.69) is 26.8 Å². The molecule has 0 aliphatic rings. The van der Waals surface area contributed by atoms with Gasteiger partial charge in [0.25, 0.3) is 11.8 Å². The standard InChI is InChI=1S/C15H11BrClFN2O3/c16-11-4-2-1-3-10(11)15(22)20-19-14(21)8-23-9-5-6-13(18)12(17)7-9/h1-7H,8H2,(H,19,21)(H,20,22). The smallest absolute Gasteiger partial charge is 0.276 e. The summed E-state index contributed by atoms with van der Waals surface area (Å²) in [7, 11) is 0. The number of ether oxygens (including phenoxy) is 1. The maximum absolute atomic E-state index is 13.0. The minimum Gasteiger partial charge on any atom is -0.484 e. The molecule has 0 bridgehead atoms. The van der Waals surface area contributed by atoms with Gasteiger partial charge in [0, 0.05) is 10.5 Å². The van der Waals surface area contributed by atoms with Gasteiger partial charge in [0.15, 0.2) is 6.61 Å². The molecule has 2 rings (SSSR count). The second-order valence-electron chi connectivity index (χ2n) is 4.35. The largest absolute Gasteiger partial charge is 0.484 e. The Balaban J connectivity index is 1.82. The van der Waals surface area contributed by atoms with Gasteiger partial charge < -0.3 is 4.74 Å². The van der Waals surface area contributed by atoms with Crippen molar-refractivity contribution in [2.24, 2.45) is 0 Å². The average Bonchev–Trinajstić information content (AvgIpc) is 2.54. The summed E-state index contributed by atoms with van der Waals surface area (Å²) in [6, 6.07) is 10.5. The van der Waals surface area contributed by atoms with Crippen LogP contribution in [-0.4, -0.2) is 18.4 Å². The summed E-state index contributed by atoms with van der Waals surface area (Å²) in [6.07, 6.45) is 0. The zero-order valence-corrected chi connectivity index (χ0v) is 13.9. The van der Waals surface area contributed by atoms with E-state index in [-0.39, 0.29) is 17.4 Å². The Morgan fingerprint density at radius 3 is 2.61 bits per heavy atom. The Hall–Kier alpha value is -2.12. The first-order chi connectivity index (χ1) is 11.0. The second kappa shape index (κ2) is 7.94. The highest BCUT2D eigenvalue weighted by Crippen LogP contribution is 2.20. The molecule has 2 amide bonds. The van der Waals surface area contributed by atoms with Crippen molar-refractivity contribution >= 4 is 39.3 Å². The van der Waals surface area contributed by atoms with E-state index in [1.165, 1.54) is 12.1 Å². The predicted octanol–water partition coefficient (Wildman–Crippen LogP) is 3.08. The van der Waals surface area contributed by atoms with Crippen LogP contribution in [0.5, 0.6) is 5.75 Å². The number of rotatable bonds is 4. The highest BCUT2D eigenvalue weighted by atomic mass is 79.9. The normalized spacial score (nSPS) is 10.0. The van der Waals surface area contributed by atoms with Gasteiger partial charge >= 0.3 is 0 Å². The predicted molar refractivity (Wildman–Crippen MR) is 86.7 cm³/mol. The number of nitrogens with one attached hydrogen (secondary N) is 2. The number of hydrogen-bond donors (Lipinski definition) is 2. The summed E-state index contributed by atoms with van der Waals surface area (Å²) in [5.74, 6) is -1.39. The molecule has 0 aliphatic heterocycles. The van der Waals surface area contributed by atoms with E-state index >= 15 is 0 Å². The number of hydrogen-bond acceptors (Lipinski definition) is 3. The molecule has 0 heterocycles. The van der Waals surface area contributed by atoms with Crippen LogP contribution in [0.4, 0.5) is 4.39 Å². The molecule has 0 aliphatic carbocycles. The van der Waals surface area contributed by atoms with Gasteiger partial charge in [-0.3, -0.25) is 20.4 Å². The monoisotopic (exact) mass is 400 g/mol. The molecule has 0 atom stereocenters. The van der Waals surface area contributed by atoms with Gasteiger partial charge in [0.2, 0.25) is 0 Å². The second-order valence-corrected chi connectivity index (χ2v) is 5.61. The number of halogens is 3. The summed E-state index contributed by atoms with van der Waals surface area (Å²) >= 11 is 8.83. The van der Waals surface area contributed by atoms with Crippen LogP contribution in [-0.2, 0) is 4.79 Å². The van der Waals surface area contributed by atoms with Crippen molar-refractivity contribution in [2.75, 3.05) is 6.61 Å². The van der Waals surface area contributed by atoms with Crippen LogP contribution in [0.2, 0.25) is 5.02 Å². The molecule has 2 N–H and O–H groups in total. The van der Waals surface area contributed by atoms with Crippen LogP contribution in [0.15, 0.2) is 46.9 Å². The molecule has 120 valence electrons. The number of amides is 2. The Bertz CT molecular complexity index is 742. The van der Waals surface area contributed by atoms with Gasteiger partial charge in [-0.05, 0) is 40.2 Å². The molecule has 0 spiro atoms. The molecular formula is C15H11BrClFN2O3. The van der Waals surface area contributed by atoms with Crippen LogP contribution in [0, 0.1) is 5.82 Å². The first-order valence-corrected chi connectivity index (χ1v) is 7.56. The van der Waals surface area contributed by atoms with Crippen LogP contribution in [0.3, 0.4) is 0 Å². The quantitative estimate of drug-likeness (QED) is 0.774. The van der Waals surface area contributed by atoms with E-state index in [9.17, 15) is 14.0 Å². The van der Waals surface area contributed by atoms with Crippen molar-refractivity contribution < 1.29 is 18.7 Å². The van der Waals surface area contributed by atoms with Gasteiger partial charge in [-0.15, -0.1) is 0 Å². The minimum atomic E-state index is -0.579. The van der Waals surface area contributed by atoms with Crippen molar-refractivity contribution in [1.82, 2.24) is 10.9 Å². The Morgan fingerprint density at radius 1 is 1.17 bits per heavy atom. The van der Waals surface area contributed by atoms with Crippen LogP contribution >= 0.6 is 27.5 Å². The van der Waals surface area contributed by atoms with Crippen LogP contribution in [0.1, 0.15) is 10.4 Å². The lowest BCUT2D eigenvalue weighted by Gasteiger charge is -2.10. The number of carbonyl (C=O) groups excluding carboxylic acids is 2. The first-order valence-electron chi connectivity index (χ1n) is 6.39. The number of carbonyl (C=O) groups is 2. The zero-order chi connectivity index (χ0) is 16.8. The molecule has 0 fully saturated rings. The van der Waals surface area contributed by atoms with Gasteiger partial charge in [0.1, 0.15) is 11.6 Å². The molecule has 23 heavy (non-hydrogen) atoms. The molecule has 0 radical (unpaired) electrons. The molecule has 0 aromatic heterocycles. The van der Waals surface area contributed by atoms with E-state index < -0.39 is 17.6 Å². The number of hydrazine groups is 1. The Labute approximate surface area is 144 Å². The summed E-state index contributed by atoms with van der Waals surface area (Å²) < 4.78 is 18.7. The Kier molecular flexibility index (Phi) is 5.95. The maximum Gasteiger partial charge on any atom is 0.276 e. The molecule has 8 heteroatoms. The summed E-state index contributed by atoms with van der Waals surface area (Å²) in [5, 5.41) is -0.106. The Morgan fingerprint density at radius 2 is 1.91 bits per heavy atom. The molecule has 5 nitrogen and oxygen atoms in total. The van der Waals surface area contributed by atoms with Crippen molar-refractivity contribution in [3.63, 3.8) is 0 Å². The maximum atomic E-state index is 13.0. The lowest BCUT2D eigenvalue weighted by molar-refractivity contribution is -0.123. The van der Waals surface area contributed by atoms with Gasteiger partial charge in [-0.25, -0.2) is 4.39 Å². The van der Waals surface area contributed by atoms with E-state index in [1.807, 2.05) is 0 Å². The highest BCUT2D eigenvalue weighted by Gasteiger charge is 2.11. The first kappa shape index (κ1) is 17.2. The van der Waals surface area contributed by atoms with E-state index in [4.69, 9.17) is 16.3 Å². The molecule has 0 saturated carbocycles. The SMILES string of the molecule is O=C(COc1ccc(F)c(Cl)c1)NNC(=O)c1ccccc1Br. The van der Waals surface area contributed by atoms with Gasteiger partial charge in [0.05, 0.1) is 10.6 Å². The average molecular weight is 402 g/mol. The minimum absolute atomic E-state index is 0.106. The highest BCUT2D eigenvalue weighted by molar-refractivity contribution is 9.10. The molecule has 2 aromatic carbocycles. The summed E-state index contributed by atoms with van der Waals surface area (Å²) in [5.41, 5.74) is 4.85.